The van der Waals surface area contributed by atoms with Crippen molar-refractivity contribution in [3.8, 4) is 5.75 Å². The highest BCUT2D eigenvalue weighted by Crippen LogP contribution is 2.40. The van der Waals surface area contributed by atoms with Crippen LogP contribution in [0.1, 0.15) is 70.4 Å². The lowest BCUT2D eigenvalue weighted by molar-refractivity contribution is 0.393. The number of anilines is 3. The van der Waals surface area contributed by atoms with Crippen molar-refractivity contribution in [1.29, 1.82) is 0 Å². The van der Waals surface area contributed by atoms with Crippen LogP contribution in [0.4, 0.5) is 17.2 Å². The van der Waals surface area contributed by atoms with Gasteiger partial charge in [0.25, 0.3) is 0 Å². The molecule has 0 saturated carbocycles. The molecule has 3 heterocycles. The number of fused-ring (bicyclic) bond motifs is 2. The number of nitrogens with zero attached hydrogens (tertiary/aromatic N) is 5. The maximum absolute atomic E-state index is 6.17. The van der Waals surface area contributed by atoms with Crippen LogP contribution in [0.25, 0.3) is 10.9 Å². The quantitative estimate of drug-likeness (QED) is 0.220. The van der Waals surface area contributed by atoms with E-state index in [1.807, 2.05) is 42.4 Å². The molecule has 1 N–H and O–H groups in total. The predicted molar refractivity (Wildman–Crippen MR) is 167 cm³/mol. The number of nitrogens with one attached hydrogen (secondary N) is 1. The van der Waals surface area contributed by atoms with E-state index in [2.05, 4.69) is 71.2 Å². The number of unbranched alkanes of at least 4 members (excludes halogenated alkanes) is 2. The van der Waals surface area contributed by atoms with Crippen molar-refractivity contribution in [2.75, 3.05) is 29.9 Å². The van der Waals surface area contributed by atoms with Crippen molar-refractivity contribution in [2.45, 2.75) is 66.2 Å². The maximum Gasteiger partial charge on any atom is 0.141 e. The predicted octanol–water partition coefficient (Wildman–Crippen LogP) is 7.92. The van der Waals surface area contributed by atoms with E-state index in [1.165, 1.54) is 36.9 Å². The zero-order valence-corrected chi connectivity index (χ0v) is 24.5. The molecule has 2 unspecified atom stereocenters. The molecular formula is C33H42N6O. The van der Waals surface area contributed by atoms with Gasteiger partial charge in [-0.05, 0) is 92.1 Å². The molecule has 0 amide bonds. The van der Waals surface area contributed by atoms with Crippen LogP contribution in [0.3, 0.4) is 0 Å². The van der Waals surface area contributed by atoms with E-state index in [0.717, 1.165) is 52.6 Å². The van der Waals surface area contributed by atoms with E-state index < -0.39 is 0 Å². The van der Waals surface area contributed by atoms with Crippen molar-refractivity contribution in [2.24, 2.45) is 11.0 Å². The molecule has 7 heteroatoms. The Labute approximate surface area is 238 Å². The van der Waals surface area contributed by atoms with Gasteiger partial charge in [0.1, 0.15) is 23.7 Å². The topological polar surface area (TPSA) is 65.9 Å². The van der Waals surface area contributed by atoms with Crippen LogP contribution in [0.2, 0.25) is 0 Å². The van der Waals surface area contributed by atoms with Crippen molar-refractivity contribution >= 4 is 34.3 Å². The van der Waals surface area contributed by atoms with Crippen LogP contribution < -0.4 is 15.0 Å². The monoisotopic (exact) mass is 538 g/mol. The van der Waals surface area contributed by atoms with E-state index in [9.17, 15) is 0 Å². The van der Waals surface area contributed by atoms with Crippen molar-refractivity contribution in [3.05, 3.63) is 71.9 Å². The number of hydrazone groups is 1. The summed E-state index contributed by atoms with van der Waals surface area (Å²) in [6.45, 7) is 13.9. The van der Waals surface area contributed by atoms with E-state index in [0.29, 0.717) is 18.4 Å². The van der Waals surface area contributed by atoms with Gasteiger partial charge in [-0.3, -0.25) is 5.01 Å². The second-order valence-corrected chi connectivity index (χ2v) is 11.2. The molecule has 2 aliphatic heterocycles. The molecular weight excluding hydrogens is 496 g/mol. The molecule has 0 spiro atoms. The van der Waals surface area contributed by atoms with Gasteiger partial charge >= 0.3 is 0 Å². The molecule has 0 aliphatic carbocycles. The number of aromatic nitrogens is 2. The zero-order chi connectivity index (χ0) is 28.1. The summed E-state index contributed by atoms with van der Waals surface area (Å²) in [5, 5.41) is 10.8. The molecule has 2 aliphatic rings. The molecule has 0 bridgehead atoms. The van der Waals surface area contributed by atoms with Gasteiger partial charge in [-0.25, -0.2) is 9.97 Å². The maximum atomic E-state index is 6.17. The zero-order valence-electron chi connectivity index (χ0n) is 24.5. The average molecular weight is 539 g/mol. The largest absolute Gasteiger partial charge is 0.457 e. The molecule has 5 rings (SSSR count). The van der Waals surface area contributed by atoms with Crippen LogP contribution >= 0.6 is 0 Å². The third-order valence-electron chi connectivity index (χ3n) is 7.79. The fourth-order valence-corrected chi connectivity index (χ4v) is 5.81. The van der Waals surface area contributed by atoms with Crippen LogP contribution in [0, 0.1) is 12.8 Å². The van der Waals surface area contributed by atoms with Crippen molar-refractivity contribution in [1.82, 2.24) is 15.0 Å². The number of ether oxygens (including phenoxy) is 1. The summed E-state index contributed by atoms with van der Waals surface area (Å²) in [7, 11) is 0. The Morgan fingerprint density at radius 2 is 2.02 bits per heavy atom. The molecule has 0 fully saturated rings. The molecule has 40 heavy (non-hydrogen) atoms. The first-order chi connectivity index (χ1) is 19.4. The van der Waals surface area contributed by atoms with Gasteiger partial charge in [0.2, 0.25) is 0 Å². The summed E-state index contributed by atoms with van der Waals surface area (Å²) in [5.41, 5.74) is 5.75. The Morgan fingerprint density at radius 3 is 2.77 bits per heavy atom. The second-order valence-electron chi connectivity index (χ2n) is 11.2. The highest BCUT2D eigenvalue weighted by Gasteiger charge is 2.25. The first-order valence-corrected chi connectivity index (χ1v) is 14.7. The summed E-state index contributed by atoms with van der Waals surface area (Å²) in [6, 6.07) is 10.8. The van der Waals surface area contributed by atoms with Crippen LogP contribution in [-0.2, 0) is 0 Å². The minimum atomic E-state index is 0.503. The van der Waals surface area contributed by atoms with Gasteiger partial charge in [0, 0.05) is 42.3 Å². The highest BCUT2D eigenvalue weighted by atomic mass is 16.5. The summed E-state index contributed by atoms with van der Waals surface area (Å²) in [4.78, 5) is 12.0. The van der Waals surface area contributed by atoms with Gasteiger partial charge in [-0.1, -0.05) is 33.6 Å². The average Bonchev–Trinajstić information content (AvgIpc) is 3.05. The van der Waals surface area contributed by atoms with Crippen LogP contribution in [0.5, 0.6) is 5.75 Å². The second kappa shape index (κ2) is 12.5. The van der Waals surface area contributed by atoms with Gasteiger partial charge in [-0.2, -0.15) is 5.10 Å². The fraction of sp³-hybridized carbons (Fsp3) is 0.424. The van der Waals surface area contributed by atoms with Gasteiger partial charge in [0.05, 0.1) is 12.1 Å². The van der Waals surface area contributed by atoms with Crippen LogP contribution in [0.15, 0.2) is 65.9 Å². The van der Waals surface area contributed by atoms with Gasteiger partial charge < -0.3 is 15.0 Å². The SMILES string of the molecule is C/C=N\N1C=CC(Oc2ccc(Nc3ncnc4cc5c(cc34)N(CCCCC)CC(C)CC5C)cc2C)=CC1. The molecule has 2 aromatic carbocycles. The molecule has 7 nitrogen and oxygen atoms in total. The smallest absolute Gasteiger partial charge is 0.141 e. The number of benzene rings is 2. The Morgan fingerprint density at radius 1 is 1.15 bits per heavy atom. The Balaban J connectivity index is 1.40. The van der Waals surface area contributed by atoms with Gasteiger partial charge in [-0.15, -0.1) is 0 Å². The summed E-state index contributed by atoms with van der Waals surface area (Å²) in [6.07, 6.45) is 14.2. The number of rotatable bonds is 9. The minimum Gasteiger partial charge on any atom is -0.457 e. The Bertz CT molecular complexity index is 1430. The highest BCUT2D eigenvalue weighted by molar-refractivity contribution is 5.94. The number of allylic oxidation sites excluding steroid dienone is 1. The fourth-order valence-electron chi connectivity index (χ4n) is 5.81. The standard InChI is InChI=1S/C33H42N6O/c1-6-8-9-14-38-21-23(3)17-24(4)28-19-30-29(20-31(28)38)33(35-22-34-30)37-26-10-11-32(25(5)18-26)40-27-12-15-39(16-13-27)36-7-2/h7,10-13,15,18-20,22-24H,6,8-9,14,16-17,21H2,1-5H3,(H,34,35,37)/b36-7-. The molecule has 1 aromatic heterocycles. The lowest BCUT2D eigenvalue weighted by Gasteiger charge is -2.27. The number of aryl methyl sites for hydroxylation is 1. The van der Waals surface area contributed by atoms with Gasteiger partial charge in [0.15, 0.2) is 0 Å². The van der Waals surface area contributed by atoms with E-state index >= 15 is 0 Å². The molecule has 3 aromatic rings. The lowest BCUT2D eigenvalue weighted by atomic mass is 9.91. The van der Waals surface area contributed by atoms with E-state index in [-0.39, 0.29) is 0 Å². The third-order valence-corrected chi connectivity index (χ3v) is 7.79. The molecule has 0 saturated heterocycles. The molecule has 2 atom stereocenters. The summed E-state index contributed by atoms with van der Waals surface area (Å²) < 4.78 is 6.17. The summed E-state index contributed by atoms with van der Waals surface area (Å²) >= 11 is 0. The number of hydrogen-bond acceptors (Lipinski definition) is 7. The first-order valence-electron chi connectivity index (χ1n) is 14.7. The molecule has 0 radical (unpaired) electrons. The minimum absolute atomic E-state index is 0.503. The Kier molecular flexibility index (Phi) is 8.68. The van der Waals surface area contributed by atoms with Crippen molar-refractivity contribution < 1.29 is 4.74 Å². The van der Waals surface area contributed by atoms with E-state index in [4.69, 9.17) is 4.74 Å². The Hall–Kier alpha value is -3.87. The third kappa shape index (κ3) is 6.30. The first kappa shape index (κ1) is 27.7. The molecule has 210 valence electrons. The van der Waals surface area contributed by atoms with E-state index in [1.54, 1.807) is 12.5 Å². The van der Waals surface area contributed by atoms with Crippen molar-refractivity contribution in [3.63, 3.8) is 0 Å². The lowest BCUT2D eigenvalue weighted by Crippen LogP contribution is -2.28. The number of hydrogen-bond donors (Lipinski definition) is 1. The summed E-state index contributed by atoms with van der Waals surface area (Å²) in [5.74, 6) is 3.64. The normalized spacial score (nSPS) is 19.1. The van der Waals surface area contributed by atoms with Crippen LogP contribution in [-0.4, -0.2) is 40.8 Å².